The Morgan fingerprint density at radius 2 is 1.83 bits per heavy atom. The minimum absolute atomic E-state index is 0.294. The largest absolute Gasteiger partial charge is 0.385 e. The number of aryl methyl sites for hydroxylation is 2. The fourth-order valence-corrected chi connectivity index (χ4v) is 3.52. The van der Waals surface area contributed by atoms with Gasteiger partial charge < -0.3 is 20.7 Å². The van der Waals surface area contributed by atoms with Crippen LogP contribution in [0.5, 0.6) is 0 Å². The van der Waals surface area contributed by atoms with E-state index in [0.717, 1.165) is 22.4 Å². The summed E-state index contributed by atoms with van der Waals surface area (Å²) < 4.78 is 5.04. The Hall–Kier alpha value is -4.73. The first-order valence-corrected chi connectivity index (χ1v) is 11.3. The van der Waals surface area contributed by atoms with E-state index in [2.05, 4.69) is 32.0 Å². The molecule has 9 heteroatoms. The van der Waals surface area contributed by atoms with Gasteiger partial charge in [0.15, 0.2) is 0 Å². The van der Waals surface area contributed by atoms with Gasteiger partial charge in [0.1, 0.15) is 11.4 Å². The Balaban J connectivity index is 1.94. The number of nitrogens with zero attached hydrogens (tertiary/aromatic N) is 4. The third-order valence-electron chi connectivity index (χ3n) is 5.26. The van der Waals surface area contributed by atoms with E-state index < -0.39 is 0 Å². The van der Waals surface area contributed by atoms with Crippen molar-refractivity contribution in [1.29, 1.82) is 10.5 Å². The van der Waals surface area contributed by atoms with Gasteiger partial charge in [-0.15, -0.1) is 0 Å². The summed E-state index contributed by atoms with van der Waals surface area (Å²) in [6, 6.07) is 14.9. The molecule has 2 aromatic carbocycles. The molecule has 3 N–H and O–H groups in total. The number of hydrogen-bond acceptors (Lipinski definition) is 8. The molecule has 0 unspecified atom stereocenters. The summed E-state index contributed by atoms with van der Waals surface area (Å²) in [6.07, 6.45) is 5.33. The first kappa shape index (κ1) is 25.9. The molecule has 0 aliphatic heterocycles. The molecule has 0 aliphatic carbocycles. The summed E-state index contributed by atoms with van der Waals surface area (Å²) in [5.74, 6) is 0.335. The third kappa shape index (κ3) is 6.89. The number of rotatable bonds is 10. The summed E-state index contributed by atoms with van der Waals surface area (Å²) in [4.78, 5) is 21.8. The van der Waals surface area contributed by atoms with Crippen LogP contribution in [-0.2, 0) is 4.74 Å². The van der Waals surface area contributed by atoms with Crippen LogP contribution in [0.4, 0.5) is 23.1 Å². The van der Waals surface area contributed by atoms with Crippen LogP contribution >= 0.6 is 0 Å². The van der Waals surface area contributed by atoms with Gasteiger partial charge in [-0.05, 0) is 79.4 Å². The van der Waals surface area contributed by atoms with Crippen molar-refractivity contribution in [3.05, 3.63) is 76.5 Å². The summed E-state index contributed by atoms with van der Waals surface area (Å²) in [6.45, 7) is 4.89. The lowest BCUT2D eigenvalue weighted by Crippen LogP contribution is -2.26. The SMILES string of the molecule is COCCCNC(=O)c1cnc(Nc2ccc(C#N)cc2)nc1Nc1c(C)cc(/C=C/C#N)cc1C. The molecule has 36 heavy (non-hydrogen) atoms. The number of anilines is 4. The van der Waals surface area contributed by atoms with Gasteiger partial charge in [0, 0.05) is 43.9 Å². The highest BCUT2D eigenvalue weighted by Gasteiger charge is 2.17. The second-order valence-corrected chi connectivity index (χ2v) is 7.99. The van der Waals surface area contributed by atoms with Crippen LogP contribution in [0.25, 0.3) is 6.08 Å². The van der Waals surface area contributed by atoms with E-state index in [9.17, 15) is 4.79 Å². The highest BCUT2D eigenvalue weighted by Crippen LogP contribution is 2.28. The predicted octanol–water partition coefficient (Wildman–Crippen LogP) is 4.76. The first-order valence-electron chi connectivity index (χ1n) is 11.3. The van der Waals surface area contributed by atoms with E-state index in [1.807, 2.05) is 32.0 Å². The van der Waals surface area contributed by atoms with Gasteiger partial charge in [-0.25, -0.2) is 4.98 Å². The van der Waals surface area contributed by atoms with Crippen molar-refractivity contribution < 1.29 is 9.53 Å². The number of benzene rings is 2. The topological polar surface area (TPSA) is 136 Å². The van der Waals surface area contributed by atoms with Crippen molar-refractivity contribution in [3.63, 3.8) is 0 Å². The smallest absolute Gasteiger partial charge is 0.256 e. The molecule has 0 bridgehead atoms. The van der Waals surface area contributed by atoms with E-state index in [1.165, 1.54) is 12.3 Å². The van der Waals surface area contributed by atoms with E-state index in [-0.39, 0.29) is 5.91 Å². The number of carbonyl (C=O) groups excluding carboxylic acids is 1. The Morgan fingerprint density at radius 3 is 2.47 bits per heavy atom. The van der Waals surface area contributed by atoms with E-state index in [1.54, 1.807) is 37.5 Å². The Labute approximate surface area is 210 Å². The fraction of sp³-hybridized carbons (Fsp3) is 0.222. The van der Waals surface area contributed by atoms with Crippen molar-refractivity contribution in [3.8, 4) is 12.1 Å². The lowest BCUT2D eigenvalue weighted by Gasteiger charge is -2.17. The molecular formula is C27H27N7O2. The van der Waals surface area contributed by atoms with Crippen molar-refractivity contribution in [2.45, 2.75) is 20.3 Å². The fourth-order valence-electron chi connectivity index (χ4n) is 3.52. The summed E-state index contributed by atoms with van der Waals surface area (Å²) in [5, 5.41) is 27.1. The van der Waals surface area contributed by atoms with Gasteiger partial charge in [0.05, 0.1) is 17.7 Å². The van der Waals surface area contributed by atoms with Crippen molar-refractivity contribution in [2.75, 3.05) is 30.9 Å². The molecular weight excluding hydrogens is 454 g/mol. The van der Waals surface area contributed by atoms with Crippen molar-refractivity contribution in [2.24, 2.45) is 0 Å². The molecule has 3 rings (SSSR count). The van der Waals surface area contributed by atoms with Crippen LogP contribution in [0, 0.1) is 36.5 Å². The highest BCUT2D eigenvalue weighted by atomic mass is 16.5. The zero-order chi connectivity index (χ0) is 25.9. The number of methoxy groups -OCH3 is 1. The molecule has 0 saturated heterocycles. The molecule has 0 radical (unpaired) electrons. The maximum absolute atomic E-state index is 12.9. The maximum Gasteiger partial charge on any atom is 0.256 e. The third-order valence-corrected chi connectivity index (χ3v) is 5.26. The van der Waals surface area contributed by atoms with Gasteiger partial charge in [0.2, 0.25) is 5.95 Å². The van der Waals surface area contributed by atoms with E-state index in [0.29, 0.717) is 48.2 Å². The molecule has 0 atom stereocenters. The number of amides is 1. The Bertz CT molecular complexity index is 1310. The average Bonchev–Trinajstić information content (AvgIpc) is 2.88. The normalized spacial score (nSPS) is 10.5. The van der Waals surface area contributed by atoms with E-state index >= 15 is 0 Å². The van der Waals surface area contributed by atoms with E-state index in [4.69, 9.17) is 15.3 Å². The monoisotopic (exact) mass is 481 g/mol. The number of nitrogens with one attached hydrogen (secondary N) is 3. The molecule has 9 nitrogen and oxygen atoms in total. The molecule has 182 valence electrons. The van der Waals surface area contributed by atoms with Crippen LogP contribution in [0.1, 0.15) is 39.0 Å². The zero-order valence-corrected chi connectivity index (χ0v) is 20.4. The predicted molar refractivity (Wildman–Crippen MR) is 139 cm³/mol. The number of allylic oxidation sites excluding steroid dienone is 1. The van der Waals surface area contributed by atoms with Gasteiger partial charge in [-0.3, -0.25) is 4.79 Å². The molecule has 0 aliphatic rings. The second-order valence-electron chi connectivity index (χ2n) is 7.99. The number of carbonyl (C=O) groups is 1. The zero-order valence-electron chi connectivity index (χ0n) is 20.4. The lowest BCUT2D eigenvalue weighted by molar-refractivity contribution is 0.0949. The van der Waals surface area contributed by atoms with Gasteiger partial charge in [0.25, 0.3) is 5.91 Å². The number of nitriles is 2. The average molecular weight is 482 g/mol. The minimum Gasteiger partial charge on any atom is -0.385 e. The Morgan fingerprint density at radius 1 is 1.11 bits per heavy atom. The first-order chi connectivity index (χ1) is 17.4. The summed E-state index contributed by atoms with van der Waals surface area (Å²) in [7, 11) is 1.61. The quantitative estimate of drug-likeness (QED) is 0.279. The molecule has 1 heterocycles. The van der Waals surface area contributed by atoms with Crippen molar-refractivity contribution in [1.82, 2.24) is 15.3 Å². The van der Waals surface area contributed by atoms with Gasteiger partial charge in [-0.2, -0.15) is 15.5 Å². The standard InChI is InChI=1S/C27H27N7O2/c1-18-14-21(6-4-11-28)15-19(2)24(18)33-25-23(26(35)30-12-5-13-36-3)17-31-27(34-25)32-22-9-7-20(16-29)8-10-22/h4,6-10,14-15,17H,5,12-13H2,1-3H3,(H,30,35)(H2,31,32,33,34)/b6-4+. The van der Waals surface area contributed by atoms with Gasteiger partial charge in [-0.1, -0.05) is 0 Å². The second kappa shape index (κ2) is 12.7. The maximum atomic E-state index is 12.9. The molecule has 0 fully saturated rings. The lowest BCUT2D eigenvalue weighted by atomic mass is 10.0. The minimum atomic E-state index is -0.303. The molecule has 1 amide bonds. The molecule has 0 saturated carbocycles. The van der Waals surface area contributed by atoms with Crippen LogP contribution in [0.3, 0.4) is 0 Å². The molecule has 0 spiro atoms. The van der Waals surface area contributed by atoms with Crippen molar-refractivity contribution >= 4 is 35.1 Å². The summed E-state index contributed by atoms with van der Waals surface area (Å²) >= 11 is 0. The van der Waals surface area contributed by atoms with Crippen LogP contribution in [0.2, 0.25) is 0 Å². The molecule has 3 aromatic rings. The van der Waals surface area contributed by atoms with Gasteiger partial charge >= 0.3 is 0 Å². The Kier molecular flexibility index (Phi) is 9.10. The summed E-state index contributed by atoms with van der Waals surface area (Å²) in [5.41, 5.74) is 5.12. The van der Waals surface area contributed by atoms with Crippen LogP contribution in [-0.4, -0.2) is 36.1 Å². The number of ether oxygens (including phenoxy) is 1. The van der Waals surface area contributed by atoms with Crippen LogP contribution < -0.4 is 16.0 Å². The number of hydrogen-bond donors (Lipinski definition) is 3. The number of aromatic nitrogens is 2. The van der Waals surface area contributed by atoms with Crippen LogP contribution in [0.15, 0.2) is 48.7 Å². The molecule has 1 aromatic heterocycles. The highest BCUT2D eigenvalue weighted by molar-refractivity contribution is 5.99.